The molecule has 1 aromatic rings. The van der Waals surface area contributed by atoms with Gasteiger partial charge in [-0.15, -0.1) is 0 Å². The van der Waals surface area contributed by atoms with E-state index in [2.05, 4.69) is 28.3 Å². The lowest BCUT2D eigenvalue weighted by Gasteiger charge is -2.08. The summed E-state index contributed by atoms with van der Waals surface area (Å²) in [7, 11) is 1.67. The number of nitrogens with zero attached hydrogens (tertiary/aromatic N) is 2. The van der Waals surface area contributed by atoms with Crippen molar-refractivity contribution in [1.29, 1.82) is 0 Å². The van der Waals surface area contributed by atoms with Crippen LogP contribution in [0.25, 0.3) is 0 Å². The molecule has 0 saturated carbocycles. The number of nitrogens with one attached hydrogen (secondary N) is 1. The molecule has 0 saturated heterocycles. The second kappa shape index (κ2) is 5.18. The van der Waals surface area contributed by atoms with Crippen LogP contribution in [0.4, 0.5) is 0 Å². The fraction of sp³-hybridized carbons (Fsp3) is 0.364. The Labute approximate surface area is 102 Å². The number of rotatable bonds is 3. The van der Waals surface area contributed by atoms with Crippen molar-refractivity contribution in [2.24, 2.45) is 7.05 Å². The van der Waals surface area contributed by atoms with Gasteiger partial charge in [-0.2, -0.15) is 4.98 Å². The predicted molar refractivity (Wildman–Crippen MR) is 67.3 cm³/mol. The Kier molecular flexibility index (Phi) is 3.63. The lowest BCUT2D eigenvalue weighted by Crippen LogP contribution is -2.33. The summed E-state index contributed by atoms with van der Waals surface area (Å²) in [5.41, 5.74) is -0.200. The summed E-state index contributed by atoms with van der Waals surface area (Å²) in [5, 5.41) is 2.95. The molecule has 0 aromatic carbocycles. The summed E-state index contributed by atoms with van der Waals surface area (Å²) in [6.07, 6.45) is 8.54. The zero-order valence-corrected chi connectivity index (χ0v) is 10.3. The van der Waals surface area contributed by atoms with Crippen molar-refractivity contribution in [3.8, 4) is 0 Å². The highest BCUT2D eigenvalue weighted by molar-refractivity contribution is 7.99. The Bertz CT molecular complexity index is 583. The number of aryl methyl sites for hydroxylation is 1. The quantitative estimate of drug-likeness (QED) is 0.638. The molecule has 90 valence electrons. The SMILES string of the molecule is Cn1[nH]c(=O)c(=O)nc1SCC1=CCCC=C1. The van der Waals surface area contributed by atoms with Gasteiger partial charge in [-0.1, -0.05) is 30.0 Å². The first-order valence-electron chi connectivity index (χ1n) is 5.32. The van der Waals surface area contributed by atoms with Gasteiger partial charge in [-0.05, 0) is 18.4 Å². The highest BCUT2D eigenvalue weighted by Crippen LogP contribution is 2.19. The number of aromatic amines is 1. The average molecular weight is 251 g/mol. The summed E-state index contributed by atoms with van der Waals surface area (Å²) < 4.78 is 1.47. The van der Waals surface area contributed by atoms with Crippen LogP contribution in [0.15, 0.2) is 38.5 Å². The van der Waals surface area contributed by atoms with Gasteiger partial charge >= 0.3 is 11.1 Å². The zero-order valence-electron chi connectivity index (χ0n) is 9.47. The second-order valence-corrected chi connectivity index (χ2v) is 4.69. The molecule has 1 heterocycles. The molecule has 0 spiro atoms. The molecule has 5 nitrogen and oxygen atoms in total. The Balaban J connectivity index is 2.11. The van der Waals surface area contributed by atoms with Gasteiger partial charge in [-0.3, -0.25) is 19.4 Å². The predicted octanol–water partition coefficient (Wildman–Crippen LogP) is 0.837. The van der Waals surface area contributed by atoms with Gasteiger partial charge in [0.05, 0.1) is 0 Å². The number of H-pyrrole nitrogens is 1. The van der Waals surface area contributed by atoms with E-state index >= 15 is 0 Å². The van der Waals surface area contributed by atoms with E-state index in [-0.39, 0.29) is 0 Å². The molecule has 17 heavy (non-hydrogen) atoms. The smallest absolute Gasteiger partial charge is 0.265 e. The zero-order chi connectivity index (χ0) is 12.3. The first-order valence-corrected chi connectivity index (χ1v) is 6.31. The van der Waals surface area contributed by atoms with E-state index in [9.17, 15) is 9.59 Å². The minimum atomic E-state index is -0.737. The molecule has 1 N–H and O–H groups in total. The fourth-order valence-electron chi connectivity index (χ4n) is 1.51. The first-order chi connectivity index (χ1) is 8.16. The van der Waals surface area contributed by atoms with Gasteiger partial charge in [0, 0.05) is 12.8 Å². The molecule has 2 rings (SSSR count). The molecule has 0 atom stereocenters. The van der Waals surface area contributed by atoms with E-state index in [4.69, 9.17) is 0 Å². The molecule has 1 aliphatic carbocycles. The van der Waals surface area contributed by atoms with Crippen LogP contribution in [0.5, 0.6) is 0 Å². The molecule has 6 heteroatoms. The molecule has 0 unspecified atom stereocenters. The van der Waals surface area contributed by atoms with E-state index in [1.807, 2.05) is 0 Å². The van der Waals surface area contributed by atoms with Crippen LogP contribution in [0.2, 0.25) is 0 Å². The van der Waals surface area contributed by atoms with Gasteiger partial charge in [0.1, 0.15) is 0 Å². The lowest BCUT2D eigenvalue weighted by atomic mass is 10.1. The molecule has 0 radical (unpaired) electrons. The maximum atomic E-state index is 11.1. The third kappa shape index (κ3) is 2.97. The van der Waals surface area contributed by atoms with Crippen molar-refractivity contribution in [2.75, 3.05) is 5.75 Å². The van der Waals surface area contributed by atoms with Crippen LogP contribution >= 0.6 is 11.8 Å². The van der Waals surface area contributed by atoms with Gasteiger partial charge < -0.3 is 0 Å². The van der Waals surface area contributed by atoms with Gasteiger partial charge in [-0.25, -0.2) is 0 Å². The van der Waals surface area contributed by atoms with Crippen molar-refractivity contribution in [1.82, 2.24) is 14.8 Å². The Morgan fingerprint density at radius 3 is 3.00 bits per heavy atom. The van der Waals surface area contributed by atoms with E-state index in [1.54, 1.807) is 7.05 Å². The fourth-order valence-corrected chi connectivity index (χ4v) is 2.41. The monoisotopic (exact) mass is 251 g/mol. The molecule has 1 aromatic heterocycles. The molecular weight excluding hydrogens is 238 g/mol. The highest BCUT2D eigenvalue weighted by atomic mass is 32.2. The molecule has 0 bridgehead atoms. The Morgan fingerprint density at radius 2 is 2.29 bits per heavy atom. The van der Waals surface area contributed by atoms with Crippen LogP contribution in [-0.4, -0.2) is 20.5 Å². The molecule has 0 aliphatic heterocycles. The highest BCUT2D eigenvalue weighted by Gasteiger charge is 2.05. The van der Waals surface area contributed by atoms with Crippen LogP contribution in [0, 0.1) is 0 Å². The van der Waals surface area contributed by atoms with E-state index in [1.165, 1.54) is 22.0 Å². The van der Waals surface area contributed by atoms with Crippen molar-refractivity contribution >= 4 is 11.8 Å². The summed E-state index contributed by atoms with van der Waals surface area (Å²) in [6.45, 7) is 0. The van der Waals surface area contributed by atoms with Gasteiger partial charge in [0.2, 0.25) is 0 Å². The van der Waals surface area contributed by atoms with Crippen LogP contribution in [0.1, 0.15) is 12.8 Å². The van der Waals surface area contributed by atoms with Crippen LogP contribution < -0.4 is 11.1 Å². The van der Waals surface area contributed by atoms with Gasteiger partial charge in [0.15, 0.2) is 5.16 Å². The lowest BCUT2D eigenvalue weighted by molar-refractivity contribution is 0.597. The second-order valence-electron chi connectivity index (χ2n) is 3.75. The Hall–Kier alpha value is -1.56. The van der Waals surface area contributed by atoms with E-state index in [0.29, 0.717) is 5.16 Å². The molecule has 0 amide bonds. The summed E-state index contributed by atoms with van der Waals surface area (Å²) in [5.74, 6) is 0.753. The molecule has 0 fully saturated rings. The van der Waals surface area contributed by atoms with Crippen LogP contribution in [-0.2, 0) is 7.05 Å². The standard InChI is InChI=1S/C11H13N3O2S/c1-14-11(12-9(15)10(16)13-14)17-7-8-5-3-2-4-6-8/h3,5-6H,2,4,7H2,1H3,(H,13,16). The first kappa shape index (κ1) is 11.9. The molecule has 1 aliphatic rings. The number of allylic oxidation sites excluding steroid dienone is 3. The Morgan fingerprint density at radius 1 is 1.47 bits per heavy atom. The topological polar surface area (TPSA) is 67.8 Å². The maximum Gasteiger partial charge on any atom is 0.339 e. The third-order valence-corrected chi connectivity index (χ3v) is 3.49. The summed E-state index contributed by atoms with van der Waals surface area (Å²) in [6, 6.07) is 0. The normalized spacial score (nSPS) is 14.8. The largest absolute Gasteiger partial charge is 0.339 e. The minimum absolute atomic E-state index is 0.523. The van der Waals surface area contributed by atoms with Crippen molar-refractivity contribution in [3.05, 3.63) is 44.5 Å². The van der Waals surface area contributed by atoms with Crippen molar-refractivity contribution in [2.45, 2.75) is 18.0 Å². The summed E-state index contributed by atoms with van der Waals surface area (Å²) in [4.78, 5) is 25.9. The van der Waals surface area contributed by atoms with E-state index < -0.39 is 11.1 Å². The van der Waals surface area contributed by atoms with Crippen LogP contribution in [0.3, 0.4) is 0 Å². The number of hydrogen-bond donors (Lipinski definition) is 1. The van der Waals surface area contributed by atoms with Crippen molar-refractivity contribution < 1.29 is 0 Å². The van der Waals surface area contributed by atoms with Gasteiger partial charge in [0.25, 0.3) is 0 Å². The number of hydrogen-bond acceptors (Lipinski definition) is 4. The maximum absolute atomic E-state index is 11.1. The average Bonchev–Trinajstić information content (AvgIpc) is 2.33. The molecular formula is C11H13N3O2S. The van der Waals surface area contributed by atoms with E-state index in [0.717, 1.165) is 18.6 Å². The number of aromatic nitrogens is 3. The third-order valence-electron chi connectivity index (χ3n) is 2.39. The minimum Gasteiger partial charge on any atom is -0.265 e. The van der Waals surface area contributed by atoms with Crippen molar-refractivity contribution in [3.63, 3.8) is 0 Å². The summed E-state index contributed by atoms with van der Waals surface area (Å²) >= 11 is 1.44. The number of thioether (sulfide) groups is 1.